The van der Waals surface area contributed by atoms with Gasteiger partial charge in [-0.3, -0.25) is 4.79 Å². The van der Waals surface area contributed by atoms with Crippen LogP contribution in [-0.4, -0.2) is 12.5 Å². The van der Waals surface area contributed by atoms with Crippen molar-refractivity contribution < 1.29 is 4.79 Å². The molecule has 0 spiro atoms. The number of carbonyl (C=O) groups is 1. The van der Waals surface area contributed by atoms with Gasteiger partial charge in [-0.05, 0) is 31.0 Å². The van der Waals surface area contributed by atoms with Crippen molar-refractivity contribution in [3.05, 3.63) is 30.3 Å². The summed E-state index contributed by atoms with van der Waals surface area (Å²) in [6, 6.07) is 9.52. The van der Waals surface area contributed by atoms with E-state index < -0.39 is 0 Å². The SMILES string of the molecule is CCC(CN)CCC(=O)Nc1ccccc1. The van der Waals surface area contributed by atoms with E-state index >= 15 is 0 Å². The highest BCUT2D eigenvalue weighted by molar-refractivity contribution is 5.90. The first kappa shape index (κ1) is 12.7. The summed E-state index contributed by atoms with van der Waals surface area (Å²) in [6.45, 7) is 2.77. The summed E-state index contributed by atoms with van der Waals surface area (Å²) in [7, 11) is 0. The second kappa shape index (κ2) is 7.01. The van der Waals surface area contributed by atoms with Crippen LogP contribution in [0.2, 0.25) is 0 Å². The molecular weight excluding hydrogens is 200 g/mol. The van der Waals surface area contributed by atoms with E-state index in [2.05, 4.69) is 12.2 Å². The maximum atomic E-state index is 11.6. The first-order valence-electron chi connectivity index (χ1n) is 5.81. The van der Waals surface area contributed by atoms with Crippen molar-refractivity contribution in [3.63, 3.8) is 0 Å². The van der Waals surface area contributed by atoms with Crippen LogP contribution in [0.4, 0.5) is 5.69 Å². The molecule has 3 heteroatoms. The van der Waals surface area contributed by atoms with Gasteiger partial charge in [0.25, 0.3) is 0 Å². The highest BCUT2D eigenvalue weighted by atomic mass is 16.1. The maximum absolute atomic E-state index is 11.6. The third-order valence-electron chi connectivity index (χ3n) is 2.75. The topological polar surface area (TPSA) is 55.1 Å². The number of benzene rings is 1. The first-order valence-corrected chi connectivity index (χ1v) is 5.81. The van der Waals surface area contributed by atoms with Gasteiger partial charge in [0, 0.05) is 12.1 Å². The maximum Gasteiger partial charge on any atom is 0.224 e. The molecule has 0 saturated carbocycles. The molecule has 3 nitrogen and oxygen atoms in total. The van der Waals surface area contributed by atoms with E-state index in [9.17, 15) is 4.79 Å². The van der Waals surface area contributed by atoms with Gasteiger partial charge in [-0.25, -0.2) is 0 Å². The lowest BCUT2D eigenvalue weighted by Crippen LogP contribution is -2.17. The first-order chi connectivity index (χ1) is 7.76. The summed E-state index contributed by atoms with van der Waals surface area (Å²) in [5, 5.41) is 2.87. The second-order valence-corrected chi connectivity index (χ2v) is 3.96. The van der Waals surface area contributed by atoms with Crippen molar-refractivity contribution in [3.8, 4) is 0 Å². The van der Waals surface area contributed by atoms with Crippen LogP contribution in [-0.2, 0) is 4.79 Å². The number of para-hydroxylation sites is 1. The molecule has 16 heavy (non-hydrogen) atoms. The number of anilines is 1. The number of nitrogens with one attached hydrogen (secondary N) is 1. The number of hydrogen-bond donors (Lipinski definition) is 2. The van der Waals surface area contributed by atoms with Crippen LogP contribution in [0.25, 0.3) is 0 Å². The summed E-state index contributed by atoms with van der Waals surface area (Å²) in [6.07, 6.45) is 2.45. The van der Waals surface area contributed by atoms with E-state index in [0.717, 1.165) is 18.5 Å². The zero-order valence-corrected chi connectivity index (χ0v) is 9.78. The van der Waals surface area contributed by atoms with Gasteiger partial charge in [-0.1, -0.05) is 31.5 Å². The van der Waals surface area contributed by atoms with Crippen molar-refractivity contribution in [2.45, 2.75) is 26.2 Å². The minimum Gasteiger partial charge on any atom is -0.330 e. The molecule has 0 aromatic heterocycles. The molecule has 0 aliphatic carbocycles. The largest absolute Gasteiger partial charge is 0.330 e. The average Bonchev–Trinajstić information content (AvgIpc) is 2.31. The zero-order valence-electron chi connectivity index (χ0n) is 9.78. The number of hydrogen-bond acceptors (Lipinski definition) is 2. The van der Waals surface area contributed by atoms with Gasteiger partial charge >= 0.3 is 0 Å². The van der Waals surface area contributed by atoms with Crippen LogP contribution in [0.5, 0.6) is 0 Å². The van der Waals surface area contributed by atoms with Gasteiger partial charge in [0.2, 0.25) is 5.91 Å². The standard InChI is InChI=1S/C13H20N2O/c1-2-11(10-14)8-9-13(16)15-12-6-4-3-5-7-12/h3-7,11H,2,8-10,14H2,1H3,(H,15,16). The Bertz CT molecular complexity index is 307. The molecule has 1 rings (SSSR count). The fourth-order valence-corrected chi connectivity index (χ4v) is 1.57. The number of amides is 1. The molecule has 1 unspecified atom stereocenters. The Morgan fingerprint density at radius 2 is 2.06 bits per heavy atom. The van der Waals surface area contributed by atoms with Gasteiger partial charge in [0.15, 0.2) is 0 Å². The van der Waals surface area contributed by atoms with E-state index in [1.165, 1.54) is 0 Å². The molecule has 0 aliphatic rings. The van der Waals surface area contributed by atoms with Crippen molar-refractivity contribution in [2.24, 2.45) is 11.7 Å². The normalized spacial score (nSPS) is 12.1. The molecular formula is C13H20N2O. The summed E-state index contributed by atoms with van der Waals surface area (Å²) >= 11 is 0. The summed E-state index contributed by atoms with van der Waals surface area (Å²) < 4.78 is 0. The lowest BCUT2D eigenvalue weighted by Gasteiger charge is -2.11. The smallest absolute Gasteiger partial charge is 0.224 e. The van der Waals surface area contributed by atoms with Gasteiger partial charge in [-0.15, -0.1) is 0 Å². The highest BCUT2D eigenvalue weighted by Crippen LogP contribution is 2.11. The number of nitrogens with two attached hydrogens (primary N) is 1. The number of rotatable bonds is 6. The van der Waals surface area contributed by atoms with Crippen molar-refractivity contribution >= 4 is 11.6 Å². The molecule has 0 bridgehead atoms. The lowest BCUT2D eigenvalue weighted by atomic mass is 10.0. The third-order valence-corrected chi connectivity index (χ3v) is 2.75. The quantitative estimate of drug-likeness (QED) is 0.773. The minimum atomic E-state index is 0.0677. The van der Waals surface area contributed by atoms with Gasteiger partial charge < -0.3 is 11.1 Å². The van der Waals surface area contributed by atoms with Crippen molar-refractivity contribution in [1.29, 1.82) is 0 Å². The Labute approximate surface area is 97.0 Å². The molecule has 1 aromatic rings. The highest BCUT2D eigenvalue weighted by Gasteiger charge is 2.07. The van der Waals surface area contributed by atoms with E-state index in [4.69, 9.17) is 5.73 Å². The second-order valence-electron chi connectivity index (χ2n) is 3.96. The molecule has 0 aliphatic heterocycles. The predicted molar refractivity (Wildman–Crippen MR) is 67.1 cm³/mol. The van der Waals surface area contributed by atoms with E-state index in [0.29, 0.717) is 18.9 Å². The van der Waals surface area contributed by atoms with Crippen LogP contribution < -0.4 is 11.1 Å². The Morgan fingerprint density at radius 3 is 2.62 bits per heavy atom. The van der Waals surface area contributed by atoms with Crippen LogP contribution >= 0.6 is 0 Å². The molecule has 1 atom stereocenters. The van der Waals surface area contributed by atoms with Crippen LogP contribution in [0.1, 0.15) is 26.2 Å². The molecule has 0 fully saturated rings. The van der Waals surface area contributed by atoms with Crippen LogP contribution in [0, 0.1) is 5.92 Å². The molecule has 0 saturated heterocycles. The van der Waals surface area contributed by atoms with Gasteiger partial charge in [0.1, 0.15) is 0 Å². The average molecular weight is 220 g/mol. The van der Waals surface area contributed by atoms with Crippen LogP contribution in [0.15, 0.2) is 30.3 Å². The number of carbonyl (C=O) groups excluding carboxylic acids is 1. The predicted octanol–water partition coefficient (Wildman–Crippen LogP) is 2.39. The molecule has 1 amide bonds. The van der Waals surface area contributed by atoms with Gasteiger partial charge in [-0.2, -0.15) is 0 Å². The molecule has 0 heterocycles. The zero-order chi connectivity index (χ0) is 11.8. The summed E-state index contributed by atoms with van der Waals surface area (Å²) in [4.78, 5) is 11.6. The lowest BCUT2D eigenvalue weighted by molar-refractivity contribution is -0.116. The minimum absolute atomic E-state index is 0.0677. The monoisotopic (exact) mass is 220 g/mol. The van der Waals surface area contributed by atoms with E-state index in [-0.39, 0.29) is 5.91 Å². The van der Waals surface area contributed by atoms with Gasteiger partial charge in [0.05, 0.1) is 0 Å². The summed E-state index contributed by atoms with van der Waals surface area (Å²) in [5.74, 6) is 0.527. The Kier molecular flexibility index (Phi) is 5.57. The van der Waals surface area contributed by atoms with Crippen LogP contribution in [0.3, 0.4) is 0 Å². The van der Waals surface area contributed by atoms with E-state index in [1.54, 1.807) is 0 Å². The Balaban J connectivity index is 2.31. The molecule has 3 N–H and O–H groups in total. The fourth-order valence-electron chi connectivity index (χ4n) is 1.57. The Morgan fingerprint density at radius 1 is 1.38 bits per heavy atom. The van der Waals surface area contributed by atoms with E-state index in [1.807, 2.05) is 30.3 Å². The van der Waals surface area contributed by atoms with Crippen molar-refractivity contribution in [2.75, 3.05) is 11.9 Å². The molecule has 0 radical (unpaired) electrons. The molecule has 88 valence electrons. The fraction of sp³-hybridized carbons (Fsp3) is 0.462. The molecule has 1 aromatic carbocycles. The van der Waals surface area contributed by atoms with Crippen molar-refractivity contribution in [1.82, 2.24) is 0 Å². The third kappa shape index (κ3) is 4.45. The Hall–Kier alpha value is -1.35. The summed E-state index contributed by atoms with van der Waals surface area (Å²) in [5.41, 5.74) is 6.45.